The smallest absolute Gasteiger partial charge is 0.221 e. The second kappa shape index (κ2) is 5.21. The Bertz CT molecular complexity index is 654. The van der Waals surface area contributed by atoms with E-state index in [0.717, 1.165) is 35.8 Å². The zero-order valence-electron chi connectivity index (χ0n) is 11.2. The summed E-state index contributed by atoms with van der Waals surface area (Å²) in [6.07, 6.45) is 2.81. The summed E-state index contributed by atoms with van der Waals surface area (Å²) in [6, 6.07) is 9.71. The Balaban J connectivity index is 1.79. The number of hydrogen-bond acceptors (Lipinski definition) is 4. The van der Waals surface area contributed by atoms with Gasteiger partial charge in [0.05, 0.1) is 11.9 Å². The minimum Gasteiger partial charge on any atom is -0.370 e. The van der Waals surface area contributed by atoms with Crippen LogP contribution in [0.4, 0.5) is 22.9 Å². The van der Waals surface area contributed by atoms with Crippen molar-refractivity contribution in [1.82, 2.24) is 4.98 Å². The van der Waals surface area contributed by atoms with Gasteiger partial charge in [0.25, 0.3) is 0 Å². The van der Waals surface area contributed by atoms with Crippen LogP contribution in [0.25, 0.3) is 0 Å². The van der Waals surface area contributed by atoms with Crippen LogP contribution in [0, 0.1) is 0 Å². The van der Waals surface area contributed by atoms with E-state index in [4.69, 9.17) is 0 Å². The van der Waals surface area contributed by atoms with Gasteiger partial charge in [0.15, 0.2) is 0 Å². The van der Waals surface area contributed by atoms with Crippen LogP contribution in [-0.2, 0) is 11.2 Å². The molecule has 5 nitrogen and oxygen atoms in total. The second-order valence-electron chi connectivity index (χ2n) is 4.80. The van der Waals surface area contributed by atoms with Crippen molar-refractivity contribution in [2.75, 3.05) is 22.5 Å². The number of nitrogens with one attached hydrogen (secondary N) is 3. The summed E-state index contributed by atoms with van der Waals surface area (Å²) in [7, 11) is 0. The van der Waals surface area contributed by atoms with Gasteiger partial charge in [0.1, 0.15) is 5.82 Å². The highest BCUT2D eigenvalue weighted by Crippen LogP contribution is 2.25. The van der Waals surface area contributed by atoms with Crippen LogP contribution in [0.5, 0.6) is 0 Å². The van der Waals surface area contributed by atoms with Crippen molar-refractivity contribution in [2.45, 2.75) is 13.3 Å². The predicted octanol–water partition coefficient (Wildman–Crippen LogP) is 2.75. The number of fused-ring (bicyclic) bond motifs is 1. The summed E-state index contributed by atoms with van der Waals surface area (Å²) in [4.78, 5) is 15.4. The highest BCUT2D eigenvalue weighted by molar-refractivity contribution is 5.89. The SMILES string of the molecule is CC(=O)Nc1cccc(Nc2cnc3c(c2)CCN3)c1. The van der Waals surface area contributed by atoms with E-state index in [1.807, 2.05) is 30.5 Å². The molecular weight excluding hydrogens is 252 g/mol. The molecule has 3 N–H and O–H groups in total. The van der Waals surface area contributed by atoms with Gasteiger partial charge < -0.3 is 16.0 Å². The quantitative estimate of drug-likeness (QED) is 0.800. The van der Waals surface area contributed by atoms with Gasteiger partial charge in [0.2, 0.25) is 5.91 Å². The first-order valence-corrected chi connectivity index (χ1v) is 6.58. The molecule has 20 heavy (non-hydrogen) atoms. The molecule has 102 valence electrons. The molecule has 1 aliphatic rings. The zero-order valence-corrected chi connectivity index (χ0v) is 11.2. The van der Waals surface area contributed by atoms with Gasteiger partial charge in [-0.3, -0.25) is 4.79 Å². The molecular formula is C15H16N4O. The second-order valence-corrected chi connectivity index (χ2v) is 4.80. The van der Waals surface area contributed by atoms with Crippen LogP contribution >= 0.6 is 0 Å². The summed E-state index contributed by atoms with van der Waals surface area (Å²) in [5.41, 5.74) is 3.88. The minimum absolute atomic E-state index is 0.0765. The largest absolute Gasteiger partial charge is 0.370 e. The van der Waals surface area contributed by atoms with Gasteiger partial charge >= 0.3 is 0 Å². The number of carbonyl (C=O) groups is 1. The summed E-state index contributed by atoms with van der Waals surface area (Å²) in [5, 5.41) is 9.31. The summed E-state index contributed by atoms with van der Waals surface area (Å²) in [5.74, 6) is 0.898. The number of anilines is 4. The Morgan fingerprint density at radius 1 is 1.25 bits per heavy atom. The Labute approximate surface area is 117 Å². The Hall–Kier alpha value is -2.56. The van der Waals surface area contributed by atoms with Crippen LogP contribution in [0.15, 0.2) is 36.5 Å². The molecule has 0 bridgehead atoms. The Kier molecular flexibility index (Phi) is 3.25. The number of carbonyl (C=O) groups excluding carboxylic acids is 1. The number of nitrogens with zero attached hydrogens (tertiary/aromatic N) is 1. The van der Waals surface area contributed by atoms with E-state index in [2.05, 4.69) is 27.0 Å². The first-order chi connectivity index (χ1) is 9.70. The molecule has 0 spiro atoms. The fourth-order valence-electron chi connectivity index (χ4n) is 2.29. The van der Waals surface area contributed by atoms with E-state index in [9.17, 15) is 4.79 Å². The number of hydrogen-bond donors (Lipinski definition) is 3. The molecule has 5 heteroatoms. The maximum absolute atomic E-state index is 11.1. The fourth-order valence-corrected chi connectivity index (χ4v) is 2.29. The number of benzene rings is 1. The molecule has 0 aliphatic carbocycles. The monoisotopic (exact) mass is 268 g/mol. The van der Waals surface area contributed by atoms with E-state index in [1.54, 1.807) is 0 Å². The topological polar surface area (TPSA) is 66.0 Å². The van der Waals surface area contributed by atoms with E-state index in [-0.39, 0.29) is 5.91 Å². The molecule has 1 aromatic heterocycles. The lowest BCUT2D eigenvalue weighted by Crippen LogP contribution is -2.05. The summed E-state index contributed by atoms with van der Waals surface area (Å²) >= 11 is 0. The maximum atomic E-state index is 11.1. The summed E-state index contributed by atoms with van der Waals surface area (Å²) in [6.45, 7) is 2.45. The molecule has 0 radical (unpaired) electrons. The van der Waals surface area contributed by atoms with Crippen molar-refractivity contribution in [3.8, 4) is 0 Å². The average Bonchev–Trinajstić information content (AvgIpc) is 2.85. The molecule has 0 unspecified atom stereocenters. The number of amides is 1. The third kappa shape index (κ3) is 2.71. The van der Waals surface area contributed by atoms with Gasteiger partial charge in [-0.05, 0) is 36.2 Å². The average molecular weight is 268 g/mol. The van der Waals surface area contributed by atoms with Crippen LogP contribution in [0.1, 0.15) is 12.5 Å². The maximum Gasteiger partial charge on any atom is 0.221 e. The number of pyridine rings is 1. The van der Waals surface area contributed by atoms with Gasteiger partial charge in [-0.1, -0.05) is 6.07 Å². The predicted molar refractivity (Wildman–Crippen MR) is 80.5 cm³/mol. The lowest BCUT2D eigenvalue weighted by molar-refractivity contribution is -0.114. The van der Waals surface area contributed by atoms with E-state index >= 15 is 0 Å². The Morgan fingerprint density at radius 3 is 2.95 bits per heavy atom. The third-order valence-electron chi connectivity index (χ3n) is 3.13. The number of rotatable bonds is 3. The van der Waals surface area contributed by atoms with Crippen molar-refractivity contribution >= 4 is 28.8 Å². The highest BCUT2D eigenvalue weighted by Gasteiger charge is 2.11. The van der Waals surface area contributed by atoms with Gasteiger partial charge in [-0.25, -0.2) is 4.98 Å². The normalized spacial score (nSPS) is 12.4. The first kappa shape index (κ1) is 12.5. The molecule has 0 fully saturated rings. The lowest BCUT2D eigenvalue weighted by atomic mass is 10.2. The number of aromatic nitrogens is 1. The zero-order chi connectivity index (χ0) is 13.9. The van der Waals surface area contributed by atoms with Gasteiger partial charge in [0, 0.05) is 24.8 Å². The van der Waals surface area contributed by atoms with E-state index in [1.165, 1.54) is 12.5 Å². The lowest BCUT2D eigenvalue weighted by Gasteiger charge is -2.09. The van der Waals surface area contributed by atoms with Crippen molar-refractivity contribution in [3.63, 3.8) is 0 Å². The van der Waals surface area contributed by atoms with Crippen LogP contribution < -0.4 is 16.0 Å². The Morgan fingerprint density at radius 2 is 2.10 bits per heavy atom. The van der Waals surface area contributed by atoms with Crippen molar-refractivity contribution < 1.29 is 4.79 Å². The molecule has 0 atom stereocenters. The van der Waals surface area contributed by atoms with E-state index in [0.29, 0.717) is 0 Å². The van der Waals surface area contributed by atoms with Crippen molar-refractivity contribution in [2.24, 2.45) is 0 Å². The van der Waals surface area contributed by atoms with Gasteiger partial charge in [-0.15, -0.1) is 0 Å². The molecule has 2 heterocycles. The van der Waals surface area contributed by atoms with Crippen LogP contribution in [0.3, 0.4) is 0 Å². The molecule has 0 saturated heterocycles. The third-order valence-corrected chi connectivity index (χ3v) is 3.13. The summed E-state index contributed by atoms with van der Waals surface area (Å²) < 4.78 is 0. The highest BCUT2D eigenvalue weighted by atomic mass is 16.1. The molecule has 1 aliphatic heterocycles. The van der Waals surface area contributed by atoms with Crippen molar-refractivity contribution in [3.05, 3.63) is 42.1 Å². The molecule has 3 rings (SSSR count). The first-order valence-electron chi connectivity index (χ1n) is 6.58. The van der Waals surface area contributed by atoms with Crippen LogP contribution in [-0.4, -0.2) is 17.4 Å². The standard InChI is InChI=1S/C15H16N4O/c1-10(20)18-12-3-2-4-13(8-12)19-14-7-11-5-6-16-15(11)17-9-14/h2-4,7-9,19H,5-6H2,1H3,(H,16,17)(H,18,20). The van der Waals surface area contributed by atoms with Crippen molar-refractivity contribution in [1.29, 1.82) is 0 Å². The van der Waals surface area contributed by atoms with Crippen LogP contribution in [0.2, 0.25) is 0 Å². The van der Waals surface area contributed by atoms with Gasteiger partial charge in [-0.2, -0.15) is 0 Å². The van der Waals surface area contributed by atoms with E-state index < -0.39 is 0 Å². The minimum atomic E-state index is -0.0765. The fraction of sp³-hybridized carbons (Fsp3) is 0.200. The molecule has 0 saturated carbocycles. The molecule has 1 amide bonds. The molecule has 1 aromatic carbocycles. The molecule has 2 aromatic rings.